The van der Waals surface area contributed by atoms with Gasteiger partial charge in [0, 0.05) is 11.4 Å². The molecule has 1 aromatic heterocycles. The molecule has 0 fully saturated rings. The highest BCUT2D eigenvalue weighted by Gasteiger charge is 2.21. The number of hydrogen-bond donors (Lipinski definition) is 2. The number of nitrogens with one attached hydrogen (secondary N) is 1. The molecular weight excluding hydrogens is 290 g/mol. The van der Waals surface area contributed by atoms with E-state index in [1.54, 1.807) is 13.0 Å². The number of aromatic carboxylic acids is 1. The van der Waals surface area contributed by atoms with Crippen molar-refractivity contribution in [3.63, 3.8) is 0 Å². The lowest BCUT2D eigenvalue weighted by Crippen LogP contribution is -2.36. The van der Waals surface area contributed by atoms with E-state index in [0.29, 0.717) is 6.54 Å². The largest absolute Gasteiger partial charge is 0.479 e. The lowest BCUT2D eigenvalue weighted by molar-refractivity contribution is -0.127. The van der Waals surface area contributed by atoms with E-state index in [1.165, 1.54) is 11.3 Å². The van der Waals surface area contributed by atoms with Gasteiger partial charge in [0.2, 0.25) is 0 Å². The molecular formula is C15H23NO4S. The minimum atomic E-state index is -1.02. The smallest absolute Gasteiger partial charge is 0.349 e. The van der Waals surface area contributed by atoms with Crippen LogP contribution in [-0.4, -0.2) is 29.6 Å². The molecule has 1 unspecified atom stereocenters. The van der Waals surface area contributed by atoms with Gasteiger partial charge in [-0.2, -0.15) is 0 Å². The number of carboxylic acids is 1. The second-order valence-electron chi connectivity index (χ2n) is 4.87. The molecule has 5 nitrogen and oxygen atoms in total. The van der Waals surface area contributed by atoms with Gasteiger partial charge in [-0.25, -0.2) is 4.79 Å². The van der Waals surface area contributed by atoms with Crippen molar-refractivity contribution in [2.24, 2.45) is 0 Å². The van der Waals surface area contributed by atoms with Crippen LogP contribution >= 0.6 is 11.3 Å². The van der Waals surface area contributed by atoms with Crippen LogP contribution < -0.4 is 10.1 Å². The Hall–Kier alpha value is -1.56. The van der Waals surface area contributed by atoms with E-state index < -0.39 is 12.1 Å². The molecule has 1 heterocycles. The fourth-order valence-electron chi connectivity index (χ4n) is 1.80. The van der Waals surface area contributed by atoms with Crippen molar-refractivity contribution >= 4 is 23.2 Å². The topological polar surface area (TPSA) is 75.6 Å². The second kappa shape index (κ2) is 8.67. The summed E-state index contributed by atoms with van der Waals surface area (Å²) < 4.78 is 5.54. The van der Waals surface area contributed by atoms with Gasteiger partial charge >= 0.3 is 5.97 Å². The standard InChI is InChI=1S/C15H23NO4S/c1-4-6-8-16-14(17)10(3)20-12-9-11(7-5-2)21-13(12)15(18)19/h9-10H,4-8H2,1-3H3,(H,16,17)(H,18,19). The third-order valence-electron chi connectivity index (χ3n) is 2.94. The van der Waals surface area contributed by atoms with Crippen LogP contribution in [0.25, 0.3) is 0 Å². The van der Waals surface area contributed by atoms with Gasteiger partial charge in [-0.15, -0.1) is 11.3 Å². The number of amides is 1. The molecule has 0 saturated heterocycles. The average Bonchev–Trinajstić information content (AvgIpc) is 2.82. The zero-order valence-electron chi connectivity index (χ0n) is 12.8. The van der Waals surface area contributed by atoms with E-state index in [0.717, 1.165) is 30.6 Å². The molecule has 1 rings (SSSR count). The van der Waals surface area contributed by atoms with Crippen LogP contribution in [0.4, 0.5) is 0 Å². The maximum atomic E-state index is 11.9. The predicted molar refractivity (Wildman–Crippen MR) is 83.3 cm³/mol. The van der Waals surface area contributed by atoms with Crippen molar-refractivity contribution in [3.8, 4) is 5.75 Å². The molecule has 0 aliphatic rings. The summed E-state index contributed by atoms with van der Waals surface area (Å²) in [7, 11) is 0. The van der Waals surface area contributed by atoms with E-state index in [-0.39, 0.29) is 16.5 Å². The number of aryl methyl sites for hydroxylation is 1. The third-order valence-corrected chi connectivity index (χ3v) is 4.11. The van der Waals surface area contributed by atoms with E-state index >= 15 is 0 Å². The van der Waals surface area contributed by atoms with E-state index in [4.69, 9.17) is 4.74 Å². The highest BCUT2D eigenvalue weighted by Crippen LogP contribution is 2.31. The Kier molecular flexibility index (Phi) is 7.22. The van der Waals surface area contributed by atoms with Crippen molar-refractivity contribution in [3.05, 3.63) is 15.8 Å². The number of rotatable bonds is 9. The average molecular weight is 313 g/mol. The molecule has 21 heavy (non-hydrogen) atoms. The summed E-state index contributed by atoms with van der Waals surface area (Å²) in [5, 5.41) is 12.0. The summed E-state index contributed by atoms with van der Waals surface area (Å²) in [4.78, 5) is 24.2. The SMILES string of the molecule is CCCCNC(=O)C(C)Oc1cc(CCC)sc1C(=O)O. The first kappa shape index (κ1) is 17.5. The minimum absolute atomic E-state index is 0.159. The van der Waals surface area contributed by atoms with E-state index in [2.05, 4.69) is 5.32 Å². The van der Waals surface area contributed by atoms with Gasteiger partial charge in [0.15, 0.2) is 11.0 Å². The fourth-order valence-corrected chi connectivity index (χ4v) is 2.83. The number of thiophene rings is 1. The van der Waals surface area contributed by atoms with Crippen molar-refractivity contribution in [1.82, 2.24) is 5.32 Å². The van der Waals surface area contributed by atoms with Gasteiger partial charge in [-0.1, -0.05) is 26.7 Å². The molecule has 0 aromatic carbocycles. The minimum Gasteiger partial charge on any atom is -0.479 e. The highest BCUT2D eigenvalue weighted by molar-refractivity contribution is 7.14. The number of carbonyl (C=O) groups excluding carboxylic acids is 1. The predicted octanol–water partition coefficient (Wildman–Crippen LogP) is 3.08. The molecule has 0 bridgehead atoms. The first-order valence-electron chi connectivity index (χ1n) is 7.29. The number of unbranched alkanes of at least 4 members (excludes halogenated alkanes) is 1. The number of carboxylic acid groups (broad SMARTS) is 1. The highest BCUT2D eigenvalue weighted by atomic mass is 32.1. The zero-order chi connectivity index (χ0) is 15.8. The molecule has 6 heteroatoms. The van der Waals surface area contributed by atoms with Crippen LogP contribution in [0.3, 0.4) is 0 Å². The number of carbonyl (C=O) groups is 2. The third kappa shape index (κ3) is 5.38. The summed E-state index contributed by atoms with van der Waals surface area (Å²) in [6.45, 7) is 6.32. The Bertz CT molecular complexity index is 484. The maximum absolute atomic E-state index is 11.9. The lowest BCUT2D eigenvalue weighted by atomic mass is 10.2. The van der Waals surface area contributed by atoms with Crippen molar-refractivity contribution in [2.75, 3.05) is 6.54 Å². The first-order valence-corrected chi connectivity index (χ1v) is 8.11. The Morgan fingerprint density at radius 3 is 2.67 bits per heavy atom. The summed E-state index contributed by atoms with van der Waals surface area (Å²) >= 11 is 1.21. The number of hydrogen-bond acceptors (Lipinski definition) is 4. The van der Waals surface area contributed by atoms with Crippen LogP contribution in [-0.2, 0) is 11.2 Å². The summed E-state index contributed by atoms with van der Waals surface area (Å²) in [6, 6.07) is 1.73. The normalized spacial score (nSPS) is 12.0. The molecule has 118 valence electrons. The van der Waals surface area contributed by atoms with Gasteiger partial charge in [0.1, 0.15) is 5.75 Å². The Balaban J connectivity index is 2.71. The van der Waals surface area contributed by atoms with Crippen LogP contribution in [0.15, 0.2) is 6.07 Å². The van der Waals surface area contributed by atoms with Crippen LogP contribution in [0, 0.1) is 0 Å². The second-order valence-corrected chi connectivity index (χ2v) is 6.00. The Labute approximate surface area is 129 Å². The molecule has 0 aliphatic heterocycles. The lowest BCUT2D eigenvalue weighted by Gasteiger charge is -2.14. The van der Waals surface area contributed by atoms with Gasteiger partial charge in [0.05, 0.1) is 0 Å². The summed E-state index contributed by atoms with van der Waals surface area (Å²) in [5.41, 5.74) is 0. The van der Waals surface area contributed by atoms with Gasteiger partial charge in [-0.3, -0.25) is 4.79 Å². The first-order chi connectivity index (χ1) is 9.99. The van der Waals surface area contributed by atoms with Crippen molar-refractivity contribution in [1.29, 1.82) is 0 Å². The number of ether oxygens (including phenoxy) is 1. The molecule has 2 N–H and O–H groups in total. The van der Waals surface area contributed by atoms with Crippen LogP contribution in [0.5, 0.6) is 5.75 Å². The maximum Gasteiger partial charge on any atom is 0.349 e. The molecule has 0 radical (unpaired) electrons. The van der Waals surface area contributed by atoms with Gasteiger partial charge in [0.25, 0.3) is 5.91 Å². The van der Waals surface area contributed by atoms with E-state index in [9.17, 15) is 14.7 Å². The van der Waals surface area contributed by atoms with Crippen LogP contribution in [0.1, 0.15) is 54.6 Å². The van der Waals surface area contributed by atoms with Gasteiger partial charge < -0.3 is 15.2 Å². The summed E-state index contributed by atoms with van der Waals surface area (Å²) in [6.07, 6.45) is 2.96. The Morgan fingerprint density at radius 2 is 2.10 bits per heavy atom. The molecule has 1 atom stereocenters. The Morgan fingerprint density at radius 1 is 1.38 bits per heavy atom. The van der Waals surface area contributed by atoms with Crippen molar-refractivity contribution in [2.45, 2.75) is 52.6 Å². The van der Waals surface area contributed by atoms with Crippen molar-refractivity contribution < 1.29 is 19.4 Å². The van der Waals surface area contributed by atoms with E-state index in [1.807, 2.05) is 13.8 Å². The molecule has 1 amide bonds. The quantitative estimate of drug-likeness (QED) is 0.687. The summed E-state index contributed by atoms with van der Waals surface area (Å²) in [5.74, 6) is -0.951. The molecule has 0 saturated carbocycles. The van der Waals surface area contributed by atoms with Crippen LogP contribution in [0.2, 0.25) is 0 Å². The van der Waals surface area contributed by atoms with Gasteiger partial charge in [-0.05, 0) is 25.8 Å². The molecule has 0 spiro atoms. The fraction of sp³-hybridized carbons (Fsp3) is 0.600. The molecule has 1 aromatic rings. The zero-order valence-corrected chi connectivity index (χ0v) is 13.6. The molecule has 0 aliphatic carbocycles. The monoisotopic (exact) mass is 313 g/mol.